The summed E-state index contributed by atoms with van der Waals surface area (Å²) in [5.74, 6) is -0.270. The molecule has 27 heavy (non-hydrogen) atoms. The van der Waals surface area contributed by atoms with Gasteiger partial charge in [0.2, 0.25) is 0 Å². The largest absolute Gasteiger partial charge is 0.489 e. The van der Waals surface area contributed by atoms with Crippen LogP contribution >= 0.6 is 0 Å². The van der Waals surface area contributed by atoms with Crippen molar-refractivity contribution in [3.8, 4) is 5.75 Å². The van der Waals surface area contributed by atoms with Crippen molar-refractivity contribution in [1.82, 2.24) is 0 Å². The maximum Gasteiger partial charge on any atom is 0.338 e. The maximum absolute atomic E-state index is 11.8. The van der Waals surface area contributed by atoms with Crippen LogP contribution in [0.15, 0.2) is 72.8 Å². The average Bonchev–Trinajstić information content (AvgIpc) is 2.67. The molecule has 4 nitrogen and oxygen atoms in total. The molecule has 0 aromatic heterocycles. The van der Waals surface area contributed by atoms with Gasteiger partial charge < -0.3 is 14.7 Å². The van der Waals surface area contributed by atoms with Gasteiger partial charge in [0.15, 0.2) is 0 Å². The van der Waals surface area contributed by atoms with E-state index in [1.54, 1.807) is 13.0 Å². The highest BCUT2D eigenvalue weighted by molar-refractivity contribution is 5.96. The number of hydrogen-bond donors (Lipinski definition) is 1. The SMILES string of the molecule is Cc1cc(OCc2ccccc2)cc(N(C)Cc2ccccc2)c1C(=O)O. The topological polar surface area (TPSA) is 49.8 Å². The summed E-state index contributed by atoms with van der Waals surface area (Å²) >= 11 is 0. The molecule has 0 spiro atoms. The Morgan fingerprint density at radius 3 is 2.15 bits per heavy atom. The molecule has 4 heteroatoms. The molecule has 0 aliphatic rings. The van der Waals surface area contributed by atoms with Gasteiger partial charge in [-0.2, -0.15) is 0 Å². The van der Waals surface area contributed by atoms with Crippen LogP contribution in [-0.4, -0.2) is 18.1 Å². The molecule has 0 bridgehead atoms. The van der Waals surface area contributed by atoms with E-state index in [0.717, 1.165) is 11.1 Å². The van der Waals surface area contributed by atoms with Crippen molar-refractivity contribution in [2.24, 2.45) is 0 Å². The van der Waals surface area contributed by atoms with E-state index in [2.05, 4.69) is 0 Å². The van der Waals surface area contributed by atoms with Gasteiger partial charge in [-0.05, 0) is 29.7 Å². The quantitative estimate of drug-likeness (QED) is 0.650. The minimum atomic E-state index is -0.933. The van der Waals surface area contributed by atoms with Gasteiger partial charge in [0, 0.05) is 19.7 Å². The maximum atomic E-state index is 11.8. The molecule has 3 aromatic carbocycles. The Bertz CT molecular complexity index is 908. The van der Waals surface area contributed by atoms with Crippen LogP contribution in [0.1, 0.15) is 27.0 Å². The van der Waals surface area contributed by atoms with E-state index in [-0.39, 0.29) is 0 Å². The molecule has 3 rings (SSSR count). The first kappa shape index (κ1) is 18.5. The lowest BCUT2D eigenvalue weighted by molar-refractivity contribution is 0.0696. The first-order valence-corrected chi connectivity index (χ1v) is 8.84. The van der Waals surface area contributed by atoms with Crippen molar-refractivity contribution in [2.75, 3.05) is 11.9 Å². The zero-order valence-corrected chi connectivity index (χ0v) is 15.6. The van der Waals surface area contributed by atoms with Crippen LogP contribution in [0.5, 0.6) is 5.75 Å². The van der Waals surface area contributed by atoms with Crippen molar-refractivity contribution in [1.29, 1.82) is 0 Å². The molecule has 0 unspecified atom stereocenters. The van der Waals surface area contributed by atoms with Gasteiger partial charge >= 0.3 is 5.97 Å². The lowest BCUT2D eigenvalue weighted by Gasteiger charge is -2.23. The number of rotatable bonds is 7. The molecule has 3 aromatic rings. The summed E-state index contributed by atoms with van der Waals surface area (Å²) in [6.07, 6.45) is 0. The summed E-state index contributed by atoms with van der Waals surface area (Å²) in [5.41, 5.74) is 3.82. The van der Waals surface area contributed by atoms with Gasteiger partial charge in [-0.15, -0.1) is 0 Å². The van der Waals surface area contributed by atoms with Gasteiger partial charge in [0.05, 0.1) is 11.3 Å². The summed E-state index contributed by atoms with van der Waals surface area (Å²) in [6, 6.07) is 23.5. The summed E-state index contributed by atoms with van der Waals surface area (Å²) < 4.78 is 5.93. The van der Waals surface area contributed by atoms with Gasteiger partial charge in [0.1, 0.15) is 12.4 Å². The molecule has 0 fully saturated rings. The lowest BCUT2D eigenvalue weighted by atomic mass is 10.0. The zero-order chi connectivity index (χ0) is 19.2. The number of nitrogens with zero attached hydrogens (tertiary/aromatic N) is 1. The number of ether oxygens (including phenoxy) is 1. The van der Waals surface area contributed by atoms with Crippen molar-refractivity contribution in [3.05, 3.63) is 95.1 Å². The van der Waals surface area contributed by atoms with E-state index < -0.39 is 5.97 Å². The monoisotopic (exact) mass is 361 g/mol. The third kappa shape index (κ3) is 4.67. The van der Waals surface area contributed by atoms with Crippen LogP contribution in [0.3, 0.4) is 0 Å². The first-order chi connectivity index (χ1) is 13.0. The molecule has 0 atom stereocenters. The smallest absolute Gasteiger partial charge is 0.338 e. The van der Waals surface area contributed by atoms with Crippen molar-refractivity contribution in [2.45, 2.75) is 20.1 Å². The highest BCUT2D eigenvalue weighted by atomic mass is 16.5. The lowest BCUT2D eigenvalue weighted by Crippen LogP contribution is -2.20. The molecule has 0 aliphatic carbocycles. The third-order valence-electron chi connectivity index (χ3n) is 4.42. The average molecular weight is 361 g/mol. The van der Waals surface area contributed by atoms with Crippen LogP contribution < -0.4 is 9.64 Å². The van der Waals surface area contributed by atoms with Crippen molar-refractivity contribution in [3.63, 3.8) is 0 Å². The highest BCUT2D eigenvalue weighted by Gasteiger charge is 2.18. The summed E-state index contributed by atoms with van der Waals surface area (Å²) in [5, 5.41) is 9.69. The molecule has 138 valence electrons. The molecule has 1 N–H and O–H groups in total. The summed E-state index contributed by atoms with van der Waals surface area (Å²) in [6.45, 7) is 2.86. The fourth-order valence-corrected chi connectivity index (χ4v) is 3.08. The minimum absolute atomic E-state index is 0.306. The number of carboxylic acids is 1. The number of aromatic carboxylic acids is 1. The summed E-state index contributed by atoms with van der Waals surface area (Å²) in [4.78, 5) is 13.8. The fraction of sp³-hybridized carbons (Fsp3) is 0.174. The summed E-state index contributed by atoms with van der Waals surface area (Å²) in [7, 11) is 1.90. The normalized spacial score (nSPS) is 10.4. The van der Waals surface area contributed by atoms with E-state index in [4.69, 9.17) is 4.74 Å². The second-order valence-corrected chi connectivity index (χ2v) is 6.56. The molecule has 0 heterocycles. The van der Waals surface area contributed by atoms with Gasteiger partial charge in [-0.3, -0.25) is 0 Å². The number of aryl methyl sites for hydroxylation is 1. The van der Waals surface area contributed by atoms with Crippen LogP contribution in [0, 0.1) is 6.92 Å². The number of carboxylic acid groups (broad SMARTS) is 1. The van der Waals surface area contributed by atoms with Crippen molar-refractivity contribution < 1.29 is 14.6 Å². The van der Waals surface area contributed by atoms with Crippen LogP contribution in [0.2, 0.25) is 0 Å². The molecule has 0 aliphatic heterocycles. The van der Waals surface area contributed by atoms with Gasteiger partial charge in [-0.1, -0.05) is 60.7 Å². The second-order valence-electron chi connectivity index (χ2n) is 6.56. The van der Waals surface area contributed by atoms with Gasteiger partial charge in [-0.25, -0.2) is 4.79 Å². The Kier molecular flexibility index (Phi) is 5.77. The second kappa shape index (κ2) is 8.41. The predicted molar refractivity (Wildman–Crippen MR) is 107 cm³/mol. The van der Waals surface area contributed by atoms with Crippen LogP contribution in [-0.2, 0) is 13.2 Å². The number of anilines is 1. The Morgan fingerprint density at radius 2 is 1.56 bits per heavy atom. The number of benzene rings is 3. The van der Waals surface area contributed by atoms with E-state index in [9.17, 15) is 9.90 Å². The zero-order valence-electron chi connectivity index (χ0n) is 15.6. The Labute approximate surface area is 159 Å². The molecule has 0 saturated carbocycles. The van der Waals surface area contributed by atoms with Crippen LogP contribution in [0.4, 0.5) is 5.69 Å². The Morgan fingerprint density at radius 1 is 0.963 bits per heavy atom. The number of hydrogen-bond acceptors (Lipinski definition) is 3. The van der Waals surface area contributed by atoms with E-state index in [1.165, 1.54) is 0 Å². The van der Waals surface area contributed by atoms with Gasteiger partial charge in [0.25, 0.3) is 0 Å². The fourth-order valence-electron chi connectivity index (χ4n) is 3.08. The molecule has 0 amide bonds. The molecule has 0 saturated heterocycles. The first-order valence-electron chi connectivity index (χ1n) is 8.84. The van der Waals surface area contributed by atoms with Crippen molar-refractivity contribution >= 4 is 11.7 Å². The molecule has 0 radical (unpaired) electrons. The van der Waals surface area contributed by atoms with E-state index in [1.807, 2.05) is 78.7 Å². The minimum Gasteiger partial charge on any atom is -0.489 e. The third-order valence-corrected chi connectivity index (χ3v) is 4.42. The highest BCUT2D eigenvalue weighted by Crippen LogP contribution is 2.30. The predicted octanol–water partition coefficient (Wildman–Crippen LogP) is 4.91. The molecular formula is C23H23NO3. The van der Waals surface area contributed by atoms with E-state index in [0.29, 0.717) is 35.7 Å². The number of carbonyl (C=O) groups is 1. The van der Waals surface area contributed by atoms with Crippen LogP contribution in [0.25, 0.3) is 0 Å². The standard InChI is InChI=1S/C23H23NO3/c1-17-13-20(27-16-19-11-7-4-8-12-19)14-21(22(17)23(25)26)24(2)15-18-9-5-3-6-10-18/h3-14H,15-16H2,1-2H3,(H,25,26). The van der Waals surface area contributed by atoms with E-state index >= 15 is 0 Å². The Balaban J connectivity index is 1.87. The Hall–Kier alpha value is -3.27. The molecular weight excluding hydrogens is 338 g/mol.